The van der Waals surface area contributed by atoms with Crippen LogP contribution in [0.15, 0.2) is 18.5 Å². The van der Waals surface area contributed by atoms with E-state index in [9.17, 15) is 9.59 Å². The molecule has 0 saturated carbocycles. The molecule has 0 spiro atoms. The van der Waals surface area contributed by atoms with Crippen molar-refractivity contribution in [1.29, 1.82) is 0 Å². The third kappa shape index (κ3) is 3.85. The number of carbonyl (C=O) groups excluding carboxylic acids is 1. The molecule has 0 bridgehead atoms. The van der Waals surface area contributed by atoms with E-state index in [-0.39, 0.29) is 11.4 Å². The summed E-state index contributed by atoms with van der Waals surface area (Å²) in [5.41, 5.74) is 1.92. The normalized spacial score (nSPS) is 10.4. The number of urea groups is 1. The SMILES string of the molecule is Cc1cnn(CCNC(=O)Nc2cc(C)[nH]c2C(=O)O)c1. The molecule has 0 aliphatic carbocycles. The van der Waals surface area contributed by atoms with Crippen LogP contribution in [0.3, 0.4) is 0 Å². The number of aromatic carboxylic acids is 1. The second-order valence-electron chi connectivity index (χ2n) is 4.71. The van der Waals surface area contributed by atoms with Crippen molar-refractivity contribution in [2.24, 2.45) is 0 Å². The van der Waals surface area contributed by atoms with Gasteiger partial charge in [-0.15, -0.1) is 0 Å². The van der Waals surface area contributed by atoms with Crippen LogP contribution in [-0.4, -0.2) is 38.4 Å². The van der Waals surface area contributed by atoms with Crippen LogP contribution < -0.4 is 10.6 Å². The molecule has 0 aliphatic heterocycles. The van der Waals surface area contributed by atoms with Crippen molar-refractivity contribution in [1.82, 2.24) is 20.1 Å². The van der Waals surface area contributed by atoms with Crippen molar-refractivity contribution in [2.45, 2.75) is 20.4 Å². The lowest BCUT2D eigenvalue weighted by Crippen LogP contribution is -2.31. The van der Waals surface area contributed by atoms with Crippen LogP contribution in [0.4, 0.5) is 10.5 Å². The summed E-state index contributed by atoms with van der Waals surface area (Å²) in [5, 5.41) is 18.3. The number of anilines is 1. The van der Waals surface area contributed by atoms with Crippen LogP contribution in [0, 0.1) is 13.8 Å². The molecule has 0 aliphatic rings. The maximum absolute atomic E-state index is 11.7. The first kappa shape index (κ1) is 14.6. The number of carboxylic acid groups (broad SMARTS) is 1. The summed E-state index contributed by atoms with van der Waals surface area (Å²) in [7, 11) is 0. The summed E-state index contributed by atoms with van der Waals surface area (Å²) in [5.74, 6) is -1.12. The van der Waals surface area contributed by atoms with E-state index in [4.69, 9.17) is 5.11 Å². The molecule has 8 heteroatoms. The predicted molar refractivity (Wildman–Crippen MR) is 76.5 cm³/mol. The molecule has 2 heterocycles. The summed E-state index contributed by atoms with van der Waals surface area (Å²) in [4.78, 5) is 25.4. The first-order chi connectivity index (χ1) is 9.95. The number of H-pyrrole nitrogens is 1. The van der Waals surface area contributed by atoms with Crippen LogP contribution in [0.1, 0.15) is 21.7 Å². The number of nitrogens with zero attached hydrogens (tertiary/aromatic N) is 2. The zero-order valence-electron chi connectivity index (χ0n) is 11.8. The van der Waals surface area contributed by atoms with E-state index >= 15 is 0 Å². The van der Waals surface area contributed by atoms with Crippen molar-refractivity contribution in [3.63, 3.8) is 0 Å². The summed E-state index contributed by atoms with van der Waals surface area (Å²) in [6, 6.07) is 1.11. The lowest BCUT2D eigenvalue weighted by molar-refractivity contribution is 0.0692. The number of nitrogens with one attached hydrogen (secondary N) is 3. The van der Waals surface area contributed by atoms with Gasteiger partial charge >= 0.3 is 12.0 Å². The summed E-state index contributed by atoms with van der Waals surface area (Å²) < 4.78 is 1.72. The Bertz CT molecular complexity index is 659. The average Bonchev–Trinajstić information content (AvgIpc) is 2.96. The number of hydrogen-bond donors (Lipinski definition) is 4. The zero-order valence-corrected chi connectivity index (χ0v) is 11.8. The fourth-order valence-electron chi connectivity index (χ4n) is 1.90. The van der Waals surface area contributed by atoms with Crippen molar-refractivity contribution in [3.05, 3.63) is 35.4 Å². The molecule has 8 nitrogen and oxygen atoms in total. The molecule has 2 aromatic rings. The lowest BCUT2D eigenvalue weighted by Gasteiger charge is -2.07. The van der Waals surface area contributed by atoms with E-state index in [1.165, 1.54) is 0 Å². The van der Waals surface area contributed by atoms with Gasteiger partial charge in [-0.1, -0.05) is 0 Å². The Morgan fingerprint density at radius 1 is 1.43 bits per heavy atom. The van der Waals surface area contributed by atoms with Gasteiger partial charge in [-0.2, -0.15) is 5.10 Å². The van der Waals surface area contributed by atoms with E-state index in [1.807, 2.05) is 13.1 Å². The van der Waals surface area contributed by atoms with Crippen LogP contribution in [0.25, 0.3) is 0 Å². The number of aromatic nitrogens is 3. The second kappa shape index (κ2) is 6.12. The Balaban J connectivity index is 1.86. The molecule has 112 valence electrons. The van der Waals surface area contributed by atoms with Gasteiger partial charge in [0.2, 0.25) is 0 Å². The fraction of sp³-hybridized carbons (Fsp3) is 0.308. The largest absolute Gasteiger partial charge is 0.477 e. The van der Waals surface area contributed by atoms with E-state index in [1.54, 1.807) is 23.9 Å². The average molecular weight is 291 g/mol. The Morgan fingerprint density at radius 3 is 2.81 bits per heavy atom. The van der Waals surface area contributed by atoms with Crippen LogP contribution >= 0.6 is 0 Å². The highest BCUT2D eigenvalue weighted by molar-refractivity contribution is 5.99. The maximum atomic E-state index is 11.7. The van der Waals surface area contributed by atoms with Crippen LogP contribution in [0.2, 0.25) is 0 Å². The van der Waals surface area contributed by atoms with Crippen LogP contribution in [0.5, 0.6) is 0 Å². The highest BCUT2D eigenvalue weighted by Gasteiger charge is 2.14. The molecular formula is C13H17N5O3. The smallest absolute Gasteiger partial charge is 0.354 e. The zero-order chi connectivity index (χ0) is 15.4. The quantitative estimate of drug-likeness (QED) is 0.666. The van der Waals surface area contributed by atoms with Gasteiger partial charge in [0.05, 0.1) is 18.4 Å². The molecule has 0 radical (unpaired) electrons. The third-order valence-corrected chi connectivity index (χ3v) is 2.80. The Kier molecular flexibility index (Phi) is 4.27. The van der Waals surface area contributed by atoms with E-state index in [2.05, 4.69) is 20.7 Å². The van der Waals surface area contributed by atoms with Crippen molar-refractivity contribution < 1.29 is 14.7 Å². The predicted octanol–water partition coefficient (Wildman–Crippen LogP) is 1.35. The minimum atomic E-state index is -1.12. The summed E-state index contributed by atoms with van der Waals surface area (Å²) >= 11 is 0. The van der Waals surface area contributed by atoms with Crippen molar-refractivity contribution in [2.75, 3.05) is 11.9 Å². The van der Waals surface area contributed by atoms with Gasteiger partial charge in [-0.3, -0.25) is 4.68 Å². The molecule has 0 fully saturated rings. The van der Waals surface area contributed by atoms with Crippen molar-refractivity contribution >= 4 is 17.7 Å². The Morgan fingerprint density at radius 2 is 2.19 bits per heavy atom. The number of rotatable bonds is 5. The van der Waals surface area contributed by atoms with Crippen molar-refractivity contribution in [3.8, 4) is 0 Å². The molecule has 2 amide bonds. The molecule has 21 heavy (non-hydrogen) atoms. The number of aromatic amines is 1. The summed E-state index contributed by atoms with van der Waals surface area (Å²) in [6.45, 7) is 4.58. The third-order valence-electron chi connectivity index (χ3n) is 2.80. The first-order valence-corrected chi connectivity index (χ1v) is 6.42. The maximum Gasteiger partial charge on any atom is 0.354 e. The molecule has 4 N–H and O–H groups in total. The Labute approximate surface area is 121 Å². The minimum absolute atomic E-state index is 0.0367. The summed E-state index contributed by atoms with van der Waals surface area (Å²) in [6.07, 6.45) is 3.61. The number of carbonyl (C=O) groups is 2. The number of hydrogen-bond acceptors (Lipinski definition) is 3. The van der Waals surface area contributed by atoms with Gasteiger partial charge in [-0.05, 0) is 25.5 Å². The van der Waals surface area contributed by atoms with Gasteiger partial charge in [-0.25, -0.2) is 9.59 Å². The minimum Gasteiger partial charge on any atom is -0.477 e. The lowest BCUT2D eigenvalue weighted by atomic mass is 10.3. The molecular weight excluding hydrogens is 274 g/mol. The fourth-order valence-corrected chi connectivity index (χ4v) is 1.90. The van der Waals surface area contributed by atoms with Gasteiger partial charge < -0.3 is 20.7 Å². The highest BCUT2D eigenvalue weighted by Crippen LogP contribution is 2.16. The van der Waals surface area contributed by atoms with E-state index in [0.717, 1.165) is 5.56 Å². The highest BCUT2D eigenvalue weighted by atomic mass is 16.4. The van der Waals surface area contributed by atoms with Gasteiger partial charge in [0.25, 0.3) is 0 Å². The first-order valence-electron chi connectivity index (χ1n) is 6.42. The standard InChI is InChI=1S/C13H17N5O3/c1-8-6-15-18(7-8)4-3-14-13(21)17-10-5-9(2)16-11(10)12(19)20/h5-7,16H,3-4H2,1-2H3,(H,19,20)(H2,14,17,21). The number of amides is 2. The second-order valence-corrected chi connectivity index (χ2v) is 4.71. The number of aryl methyl sites for hydroxylation is 2. The van der Waals surface area contributed by atoms with Gasteiger partial charge in [0, 0.05) is 18.4 Å². The van der Waals surface area contributed by atoms with Gasteiger partial charge in [0.15, 0.2) is 0 Å². The molecule has 2 rings (SSSR count). The molecule has 0 saturated heterocycles. The Hall–Kier alpha value is -2.77. The molecule has 0 atom stereocenters. The van der Waals surface area contributed by atoms with Crippen LogP contribution in [-0.2, 0) is 6.54 Å². The molecule has 0 aromatic carbocycles. The topological polar surface area (TPSA) is 112 Å². The monoisotopic (exact) mass is 291 g/mol. The number of carboxylic acids is 1. The van der Waals surface area contributed by atoms with E-state index in [0.29, 0.717) is 18.8 Å². The van der Waals surface area contributed by atoms with E-state index < -0.39 is 12.0 Å². The molecule has 0 unspecified atom stereocenters. The molecule has 2 aromatic heterocycles. The van der Waals surface area contributed by atoms with Gasteiger partial charge in [0.1, 0.15) is 5.69 Å².